The van der Waals surface area contributed by atoms with Gasteiger partial charge in [0.05, 0.1) is 6.61 Å². The number of halogens is 1. The zero-order valence-electron chi connectivity index (χ0n) is 9.47. The fourth-order valence-corrected chi connectivity index (χ4v) is 1.72. The molecule has 0 bridgehead atoms. The molecule has 0 aliphatic heterocycles. The first-order valence-corrected chi connectivity index (χ1v) is 6.08. The summed E-state index contributed by atoms with van der Waals surface area (Å²) in [6, 6.07) is 11.9. The van der Waals surface area contributed by atoms with Gasteiger partial charge in [-0.2, -0.15) is 0 Å². The highest BCUT2D eigenvalue weighted by atomic mass is 35.5. The van der Waals surface area contributed by atoms with Gasteiger partial charge in [-0.1, -0.05) is 12.1 Å². The third kappa shape index (κ3) is 3.75. The Labute approximate surface area is 106 Å². The number of nitrogens with zero attached hydrogens (tertiary/aromatic N) is 1. The molecule has 0 fully saturated rings. The lowest BCUT2D eigenvalue weighted by molar-refractivity contribution is 0.321. The van der Waals surface area contributed by atoms with Gasteiger partial charge in [0.15, 0.2) is 0 Å². The standard InChI is InChI=1S/C14H14ClNO/c15-11-13-2-1-3-14(10-13)17-9-6-12-4-7-16-8-5-12/h1-5,7-8,10H,6,9,11H2. The van der Waals surface area contributed by atoms with E-state index in [1.54, 1.807) is 12.4 Å². The summed E-state index contributed by atoms with van der Waals surface area (Å²) < 4.78 is 5.67. The van der Waals surface area contributed by atoms with Crippen molar-refractivity contribution in [2.45, 2.75) is 12.3 Å². The monoisotopic (exact) mass is 247 g/mol. The Hall–Kier alpha value is -1.54. The highest BCUT2D eigenvalue weighted by Gasteiger charge is 1.97. The Balaban J connectivity index is 1.86. The normalized spacial score (nSPS) is 10.2. The van der Waals surface area contributed by atoms with E-state index >= 15 is 0 Å². The lowest BCUT2D eigenvalue weighted by atomic mass is 10.2. The number of hydrogen-bond acceptors (Lipinski definition) is 2. The van der Waals surface area contributed by atoms with Crippen LogP contribution in [-0.4, -0.2) is 11.6 Å². The first-order chi connectivity index (χ1) is 8.38. The minimum absolute atomic E-state index is 0.515. The molecule has 17 heavy (non-hydrogen) atoms. The van der Waals surface area contributed by atoms with Gasteiger partial charge in [-0.25, -0.2) is 0 Å². The number of hydrogen-bond donors (Lipinski definition) is 0. The van der Waals surface area contributed by atoms with Crippen LogP contribution in [0.5, 0.6) is 5.75 Å². The molecule has 2 aromatic rings. The van der Waals surface area contributed by atoms with E-state index < -0.39 is 0 Å². The summed E-state index contributed by atoms with van der Waals surface area (Å²) in [5, 5.41) is 0. The third-order valence-corrected chi connectivity index (χ3v) is 2.77. The van der Waals surface area contributed by atoms with E-state index in [-0.39, 0.29) is 0 Å². The maximum absolute atomic E-state index is 5.77. The van der Waals surface area contributed by atoms with Crippen molar-refractivity contribution in [3.05, 3.63) is 59.9 Å². The van der Waals surface area contributed by atoms with Gasteiger partial charge in [-0.15, -0.1) is 11.6 Å². The van der Waals surface area contributed by atoms with Crippen LogP contribution in [0.2, 0.25) is 0 Å². The molecule has 1 aromatic carbocycles. The van der Waals surface area contributed by atoms with Gasteiger partial charge >= 0.3 is 0 Å². The average Bonchev–Trinajstić information content (AvgIpc) is 2.40. The largest absolute Gasteiger partial charge is 0.493 e. The van der Waals surface area contributed by atoms with Gasteiger partial charge in [0, 0.05) is 24.7 Å². The number of rotatable bonds is 5. The van der Waals surface area contributed by atoms with Gasteiger partial charge in [0.25, 0.3) is 0 Å². The van der Waals surface area contributed by atoms with E-state index in [4.69, 9.17) is 16.3 Å². The van der Waals surface area contributed by atoms with E-state index in [1.165, 1.54) is 5.56 Å². The smallest absolute Gasteiger partial charge is 0.119 e. The molecular weight excluding hydrogens is 234 g/mol. The minimum Gasteiger partial charge on any atom is -0.493 e. The van der Waals surface area contributed by atoms with Crippen molar-refractivity contribution in [3.63, 3.8) is 0 Å². The highest BCUT2D eigenvalue weighted by molar-refractivity contribution is 6.17. The van der Waals surface area contributed by atoms with Crippen molar-refractivity contribution >= 4 is 11.6 Å². The highest BCUT2D eigenvalue weighted by Crippen LogP contribution is 2.15. The summed E-state index contributed by atoms with van der Waals surface area (Å²) in [5.41, 5.74) is 2.31. The summed E-state index contributed by atoms with van der Waals surface area (Å²) >= 11 is 5.77. The Bertz CT molecular complexity index is 459. The molecule has 0 saturated heterocycles. The maximum Gasteiger partial charge on any atom is 0.119 e. The third-order valence-electron chi connectivity index (χ3n) is 2.46. The zero-order valence-corrected chi connectivity index (χ0v) is 10.2. The van der Waals surface area contributed by atoms with E-state index in [2.05, 4.69) is 4.98 Å². The molecule has 1 aromatic heterocycles. The van der Waals surface area contributed by atoms with Gasteiger partial charge in [0.1, 0.15) is 5.75 Å². The molecule has 0 spiro atoms. The second-order valence-corrected chi connectivity index (χ2v) is 4.00. The van der Waals surface area contributed by atoms with E-state index in [1.807, 2.05) is 36.4 Å². The van der Waals surface area contributed by atoms with Gasteiger partial charge in [0.2, 0.25) is 0 Å². The van der Waals surface area contributed by atoms with Crippen LogP contribution >= 0.6 is 11.6 Å². The number of aromatic nitrogens is 1. The topological polar surface area (TPSA) is 22.1 Å². The van der Waals surface area contributed by atoms with E-state index in [0.717, 1.165) is 17.7 Å². The van der Waals surface area contributed by atoms with Crippen molar-refractivity contribution in [3.8, 4) is 5.75 Å². The summed E-state index contributed by atoms with van der Waals surface area (Å²) in [4.78, 5) is 3.98. The zero-order chi connectivity index (χ0) is 11.9. The maximum atomic E-state index is 5.77. The van der Waals surface area contributed by atoms with Crippen molar-refractivity contribution in [1.82, 2.24) is 4.98 Å². The molecule has 0 N–H and O–H groups in total. The molecular formula is C14H14ClNO. The second kappa shape index (κ2) is 6.26. The van der Waals surface area contributed by atoms with Crippen LogP contribution in [0.4, 0.5) is 0 Å². The molecule has 1 heterocycles. The van der Waals surface area contributed by atoms with Crippen LogP contribution in [0, 0.1) is 0 Å². The number of benzene rings is 1. The Kier molecular flexibility index (Phi) is 4.39. The molecule has 2 rings (SSSR count). The van der Waals surface area contributed by atoms with Crippen LogP contribution in [0.15, 0.2) is 48.8 Å². The first kappa shape index (κ1) is 11.9. The lowest BCUT2D eigenvalue weighted by Gasteiger charge is -2.07. The SMILES string of the molecule is ClCc1cccc(OCCc2ccncc2)c1. The van der Waals surface area contributed by atoms with Crippen LogP contribution in [0.1, 0.15) is 11.1 Å². The number of alkyl halides is 1. The van der Waals surface area contributed by atoms with Gasteiger partial charge in [-0.05, 0) is 35.4 Å². The predicted molar refractivity (Wildman–Crippen MR) is 69.4 cm³/mol. The summed E-state index contributed by atoms with van der Waals surface area (Å²) in [6.45, 7) is 0.662. The van der Waals surface area contributed by atoms with Gasteiger partial charge in [-0.3, -0.25) is 4.98 Å². The average molecular weight is 248 g/mol. The van der Waals surface area contributed by atoms with Crippen LogP contribution < -0.4 is 4.74 Å². The lowest BCUT2D eigenvalue weighted by Crippen LogP contribution is -2.01. The summed E-state index contributed by atoms with van der Waals surface area (Å²) in [7, 11) is 0. The minimum atomic E-state index is 0.515. The Morgan fingerprint density at radius 2 is 1.88 bits per heavy atom. The van der Waals surface area contributed by atoms with Crippen molar-refractivity contribution in [1.29, 1.82) is 0 Å². The van der Waals surface area contributed by atoms with E-state index in [0.29, 0.717) is 12.5 Å². The molecule has 0 aliphatic carbocycles. The second-order valence-electron chi connectivity index (χ2n) is 3.73. The fraction of sp³-hybridized carbons (Fsp3) is 0.214. The molecule has 2 nitrogen and oxygen atoms in total. The summed E-state index contributed by atoms with van der Waals surface area (Å²) in [6.07, 6.45) is 4.47. The van der Waals surface area contributed by atoms with Crippen LogP contribution in [0.3, 0.4) is 0 Å². The predicted octanol–water partition coefficient (Wildman–Crippen LogP) is 3.44. The van der Waals surface area contributed by atoms with Crippen molar-refractivity contribution in [2.75, 3.05) is 6.61 Å². The quantitative estimate of drug-likeness (QED) is 0.755. The molecule has 3 heteroatoms. The van der Waals surface area contributed by atoms with E-state index in [9.17, 15) is 0 Å². The van der Waals surface area contributed by atoms with Crippen LogP contribution in [-0.2, 0) is 12.3 Å². The fourth-order valence-electron chi connectivity index (χ4n) is 1.55. The van der Waals surface area contributed by atoms with Gasteiger partial charge < -0.3 is 4.74 Å². The molecule has 0 unspecified atom stereocenters. The molecule has 0 radical (unpaired) electrons. The van der Waals surface area contributed by atoms with Crippen molar-refractivity contribution in [2.24, 2.45) is 0 Å². The molecule has 0 saturated carbocycles. The first-order valence-electron chi connectivity index (χ1n) is 5.55. The molecule has 0 amide bonds. The number of pyridine rings is 1. The summed E-state index contributed by atoms with van der Waals surface area (Å²) in [5.74, 6) is 1.39. The van der Waals surface area contributed by atoms with Crippen molar-refractivity contribution < 1.29 is 4.74 Å². The van der Waals surface area contributed by atoms with Crippen LogP contribution in [0.25, 0.3) is 0 Å². The molecule has 0 aliphatic rings. The Morgan fingerprint density at radius 3 is 2.65 bits per heavy atom. The molecule has 88 valence electrons. The molecule has 0 atom stereocenters. The Morgan fingerprint density at radius 1 is 1.06 bits per heavy atom. The number of ether oxygens (including phenoxy) is 1.